The Morgan fingerprint density at radius 3 is 1.92 bits per heavy atom. The summed E-state index contributed by atoms with van der Waals surface area (Å²) in [5.74, 6) is 0.0844. The second kappa shape index (κ2) is 3.91. The van der Waals surface area contributed by atoms with Crippen LogP contribution in [0, 0.1) is 11.3 Å². The lowest BCUT2D eigenvalue weighted by atomic mass is 9.70. The molecule has 0 atom stereocenters. The van der Waals surface area contributed by atoms with Crippen molar-refractivity contribution >= 4 is 0 Å². The fourth-order valence-corrected chi connectivity index (χ4v) is 2.08. The summed E-state index contributed by atoms with van der Waals surface area (Å²) in [6.45, 7) is 5.44. The van der Waals surface area contributed by atoms with E-state index < -0.39 is 11.8 Å². The summed E-state index contributed by atoms with van der Waals surface area (Å²) in [5, 5.41) is 0. The average Bonchev–Trinajstić information content (AvgIpc) is 2.04. The Morgan fingerprint density at radius 1 is 1.15 bits per heavy atom. The summed E-state index contributed by atoms with van der Waals surface area (Å²) in [7, 11) is 2.00. The summed E-state index contributed by atoms with van der Waals surface area (Å²) in [6, 6.07) is 0. The number of piperidine rings is 1. The zero-order valence-corrected chi connectivity index (χ0v) is 8.69. The van der Waals surface area contributed by atoms with Gasteiger partial charge in [-0.25, -0.2) is 8.78 Å². The number of nitrogens with zero attached hydrogens (tertiary/aromatic N) is 1. The molecule has 0 spiro atoms. The summed E-state index contributed by atoms with van der Waals surface area (Å²) >= 11 is 0. The van der Waals surface area contributed by atoms with E-state index in [4.69, 9.17) is 0 Å². The normalized spacial score (nSPS) is 24.2. The van der Waals surface area contributed by atoms with Gasteiger partial charge in [0.15, 0.2) is 0 Å². The highest BCUT2D eigenvalue weighted by Crippen LogP contribution is 2.43. The first kappa shape index (κ1) is 10.9. The van der Waals surface area contributed by atoms with Crippen molar-refractivity contribution in [2.45, 2.75) is 33.1 Å². The van der Waals surface area contributed by atoms with Crippen LogP contribution in [0.4, 0.5) is 8.78 Å². The Morgan fingerprint density at radius 2 is 1.62 bits per heavy atom. The Hall–Kier alpha value is -0.180. The number of likely N-dealkylation sites (tertiary alicyclic amines) is 1. The fourth-order valence-electron chi connectivity index (χ4n) is 2.08. The Bertz CT molecular complexity index is 150. The zero-order valence-electron chi connectivity index (χ0n) is 8.69. The molecule has 0 bridgehead atoms. The van der Waals surface area contributed by atoms with Gasteiger partial charge in [-0.15, -0.1) is 0 Å². The predicted molar refractivity (Wildman–Crippen MR) is 50.0 cm³/mol. The highest BCUT2D eigenvalue weighted by Gasteiger charge is 2.44. The average molecular weight is 191 g/mol. The second-order valence-electron chi connectivity index (χ2n) is 4.49. The van der Waals surface area contributed by atoms with Crippen LogP contribution in [-0.2, 0) is 0 Å². The lowest BCUT2D eigenvalue weighted by Crippen LogP contribution is -2.45. The molecule has 0 N–H and O–H groups in total. The maximum Gasteiger partial charge on any atom is 0.244 e. The Kier molecular flexibility index (Phi) is 3.28. The topological polar surface area (TPSA) is 3.24 Å². The van der Waals surface area contributed by atoms with Crippen LogP contribution in [0.5, 0.6) is 0 Å². The molecule has 0 unspecified atom stereocenters. The molecule has 1 rings (SSSR count). The van der Waals surface area contributed by atoms with Crippen molar-refractivity contribution in [1.82, 2.24) is 4.90 Å². The van der Waals surface area contributed by atoms with Crippen molar-refractivity contribution < 1.29 is 8.78 Å². The Labute approximate surface area is 79.1 Å². The van der Waals surface area contributed by atoms with E-state index in [1.807, 2.05) is 20.9 Å². The second-order valence-corrected chi connectivity index (χ2v) is 4.49. The number of halogens is 2. The molecule has 13 heavy (non-hydrogen) atoms. The van der Waals surface area contributed by atoms with Crippen molar-refractivity contribution in [1.29, 1.82) is 0 Å². The lowest BCUT2D eigenvalue weighted by Gasteiger charge is -2.43. The van der Waals surface area contributed by atoms with Crippen LogP contribution in [0.15, 0.2) is 0 Å². The highest BCUT2D eigenvalue weighted by atomic mass is 19.3. The molecular formula is C10H19F2N. The third-order valence-corrected chi connectivity index (χ3v) is 3.50. The summed E-state index contributed by atoms with van der Waals surface area (Å²) in [5.41, 5.74) is -0.716. The predicted octanol–water partition coefficient (Wildman–Crippen LogP) is 2.62. The van der Waals surface area contributed by atoms with Crippen LogP contribution in [0.1, 0.15) is 26.7 Å². The number of hydrogen-bond donors (Lipinski definition) is 0. The van der Waals surface area contributed by atoms with Gasteiger partial charge in [-0.05, 0) is 38.9 Å². The van der Waals surface area contributed by atoms with Crippen molar-refractivity contribution in [2.75, 3.05) is 20.1 Å². The van der Waals surface area contributed by atoms with Crippen molar-refractivity contribution in [3.63, 3.8) is 0 Å². The molecule has 0 aromatic carbocycles. The third-order valence-electron chi connectivity index (χ3n) is 3.50. The van der Waals surface area contributed by atoms with Gasteiger partial charge in [-0.1, -0.05) is 13.8 Å². The van der Waals surface area contributed by atoms with Crippen LogP contribution in [0.25, 0.3) is 0 Å². The van der Waals surface area contributed by atoms with E-state index in [1.165, 1.54) is 0 Å². The minimum Gasteiger partial charge on any atom is -0.306 e. The van der Waals surface area contributed by atoms with E-state index in [0.717, 1.165) is 13.1 Å². The van der Waals surface area contributed by atoms with Crippen molar-refractivity contribution in [2.24, 2.45) is 11.3 Å². The standard InChI is InChI=1S/C10H19F2N/c1-8(2)10(9(11)12)4-6-13(3)7-5-10/h8-9H,4-7H2,1-3H3. The van der Waals surface area contributed by atoms with Gasteiger partial charge >= 0.3 is 0 Å². The molecule has 0 radical (unpaired) electrons. The summed E-state index contributed by atoms with van der Waals surface area (Å²) in [4.78, 5) is 2.13. The van der Waals surface area contributed by atoms with E-state index in [0.29, 0.717) is 12.8 Å². The van der Waals surface area contributed by atoms with Crippen LogP contribution in [0.2, 0.25) is 0 Å². The Balaban J connectivity index is 2.69. The molecule has 0 aromatic rings. The van der Waals surface area contributed by atoms with Crippen LogP contribution < -0.4 is 0 Å². The summed E-state index contributed by atoms with van der Waals surface area (Å²) < 4.78 is 25.9. The number of alkyl halides is 2. The maximum absolute atomic E-state index is 12.9. The van der Waals surface area contributed by atoms with Crippen molar-refractivity contribution in [3.05, 3.63) is 0 Å². The molecule has 1 heterocycles. The van der Waals surface area contributed by atoms with Crippen molar-refractivity contribution in [3.8, 4) is 0 Å². The first-order valence-corrected chi connectivity index (χ1v) is 4.96. The fraction of sp³-hybridized carbons (Fsp3) is 1.00. The van der Waals surface area contributed by atoms with Gasteiger partial charge in [-0.2, -0.15) is 0 Å². The van der Waals surface area contributed by atoms with Gasteiger partial charge < -0.3 is 4.90 Å². The highest BCUT2D eigenvalue weighted by molar-refractivity contribution is 4.89. The van der Waals surface area contributed by atoms with Gasteiger partial charge in [-0.3, -0.25) is 0 Å². The monoisotopic (exact) mass is 191 g/mol. The van der Waals surface area contributed by atoms with Crippen LogP contribution in [0.3, 0.4) is 0 Å². The molecule has 0 amide bonds. The quantitative estimate of drug-likeness (QED) is 0.648. The van der Waals surface area contributed by atoms with E-state index in [1.54, 1.807) is 0 Å². The molecule has 1 aliphatic heterocycles. The van der Waals surface area contributed by atoms with Crippen LogP contribution in [-0.4, -0.2) is 31.5 Å². The molecule has 3 heteroatoms. The SMILES string of the molecule is CC(C)C1(C(F)F)CCN(C)CC1. The smallest absolute Gasteiger partial charge is 0.244 e. The molecule has 0 aromatic heterocycles. The first-order chi connectivity index (χ1) is 5.99. The van der Waals surface area contributed by atoms with Gasteiger partial charge in [0.25, 0.3) is 0 Å². The molecule has 1 fully saturated rings. The lowest BCUT2D eigenvalue weighted by molar-refractivity contribution is -0.0739. The zero-order chi connectivity index (χ0) is 10.1. The molecular weight excluding hydrogens is 172 g/mol. The largest absolute Gasteiger partial charge is 0.306 e. The minimum atomic E-state index is -2.17. The van der Waals surface area contributed by atoms with E-state index in [9.17, 15) is 8.78 Å². The molecule has 1 aliphatic rings. The molecule has 78 valence electrons. The van der Waals surface area contributed by atoms with E-state index >= 15 is 0 Å². The minimum absolute atomic E-state index is 0.0844. The molecule has 1 nitrogen and oxygen atoms in total. The summed E-state index contributed by atoms with van der Waals surface area (Å²) in [6.07, 6.45) is -0.890. The molecule has 0 saturated carbocycles. The number of hydrogen-bond acceptors (Lipinski definition) is 1. The first-order valence-electron chi connectivity index (χ1n) is 4.96. The van der Waals surface area contributed by atoms with Gasteiger partial charge in [0.05, 0.1) is 0 Å². The van der Waals surface area contributed by atoms with Gasteiger partial charge in [0, 0.05) is 5.41 Å². The van der Waals surface area contributed by atoms with Gasteiger partial charge in [0.2, 0.25) is 6.43 Å². The van der Waals surface area contributed by atoms with E-state index in [-0.39, 0.29) is 5.92 Å². The molecule has 0 aliphatic carbocycles. The molecule has 1 saturated heterocycles. The maximum atomic E-state index is 12.9. The third kappa shape index (κ3) is 2.01. The van der Waals surface area contributed by atoms with Gasteiger partial charge in [0.1, 0.15) is 0 Å². The number of rotatable bonds is 2. The van der Waals surface area contributed by atoms with E-state index in [2.05, 4.69) is 4.90 Å². The van der Waals surface area contributed by atoms with Crippen LogP contribution >= 0.6 is 0 Å².